The standard InChI is InChI=1S/C21H23BrN4O3S2/c1-29-18-8-6-14(7-9-18)21(15-4-3-5-16(22)10-15)11-19-23-12-17(25-31(2,27)28)13-26(19)20(30)24-21/h3-10,17,25H,11-13H2,1-2H3,(H,24,30). The number of hydrogen-bond acceptors (Lipinski definition) is 5. The van der Waals surface area contributed by atoms with Gasteiger partial charge in [0.25, 0.3) is 0 Å². The van der Waals surface area contributed by atoms with Crippen molar-refractivity contribution in [1.82, 2.24) is 14.9 Å². The first-order valence-corrected chi connectivity index (χ1v) is 12.8. The summed E-state index contributed by atoms with van der Waals surface area (Å²) in [6.07, 6.45) is 1.72. The summed E-state index contributed by atoms with van der Waals surface area (Å²) < 4.78 is 32.2. The van der Waals surface area contributed by atoms with Gasteiger partial charge < -0.3 is 15.0 Å². The van der Waals surface area contributed by atoms with Gasteiger partial charge in [-0.05, 0) is 47.6 Å². The first kappa shape index (κ1) is 22.2. The highest BCUT2D eigenvalue weighted by atomic mass is 79.9. The highest BCUT2D eigenvalue weighted by molar-refractivity contribution is 9.10. The highest BCUT2D eigenvalue weighted by Gasteiger charge is 2.44. The van der Waals surface area contributed by atoms with Gasteiger partial charge in [0, 0.05) is 17.4 Å². The van der Waals surface area contributed by atoms with Crippen LogP contribution in [0.15, 0.2) is 58.0 Å². The van der Waals surface area contributed by atoms with Crippen LogP contribution in [0.1, 0.15) is 17.5 Å². The average Bonchev–Trinajstić information content (AvgIpc) is 2.73. The number of fused-ring (bicyclic) bond motifs is 1. The zero-order valence-corrected chi connectivity index (χ0v) is 20.4. The molecule has 2 aliphatic rings. The molecule has 1 fully saturated rings. The third-order valence-electron chi connectivity index (χ3n) is 5.48. The molecule has 164 valence electrons. The summed E-state index contributed by atoms with van der Waals surface area (Å²) in [5.41, 5.74) is 1.47. The second-order valence-electron chi connectivity index (χ2n) is 7.71. The molecule has 1 saturated heterocycles. The van der Waals surface area contributed by atoms with Crippen LogP contribution in [-0.2, 0) is 15.6 Å². The molecule has 2 aliphatic heterocycles. The van der Waals surface area contributed by atoms with E-state index in [9.17, 15) is 8.42 Å². The summed E-state index contributed by atoms with van der Waals surface area (Å²) in [5, 5.41) is 4.06. The number of nitrogens with one attached hydrogen (secondary N) is 2. The zero-order valence-electron chi connectivity index (χ0n) is 17.1. The maximum Gasteiger partial charge on any atom is 0.209 e. The quantitative estimate of drug-likeness (QED) is 0.587. The molecule has 10 heteroatoms. The highest BCUT2D eigenvalue weighted by Crippen LogP contribution is 2.39. The van der Waals surface area contributed by atoms with E-state index >= 15 is 0 Å². The van der Waals surface area contributed by atoms with Crippen molar-refractivity contribution in [3.63, 3.8) is 0 Å². The van der Waals surface area contributed by atoms with Gasteiger partial charge in [0.2, 0.25) is 10.0 Å². The van der Waals surface area contributed by atoms with E-state index in [1.807, 2.05) is 41.3 Å². The predicted octanol–water partition coefficient (Wildman–Crippen LogP) is 2.61. The van der Waals surface area contributed by atoms with Crippen molar-refractivity contribution in [2.45, 2.75) is 18.0 Å². The number of rotatable bonds is 5. The molecule has 0 aliphatic carbocycles. The first-order chi connectivity index (χ1) is 14.7. The Hall–Kier alpha value is -2.01. The normalized spacial score (nSPS) is 23.6. The van der Waals surface area contributed by atoms with Crippen molar-refractivity contribution in [3.05, 3.63) is 64.1 Å². The van der Waals surface area contributed by atoms with Crippen LogP contribution in [-0.4, -0.2) is 56.8 Å². The van der Waals surface area contributed by atoms with Crippen molar-refractivity contribution < 1.29 is 13.2 Å². The van der Waals surface area contributed by atoms with E-state index in [0.717, 1.165) is 33.4 Å². The Labute approximate surface area is 196 Å². The number of nitrogens with zero attached hydrogens (tertiary/aromatic N) is 2. The van der Waals surface area contributed by atoms with Gasteiger partial charge in [-0.1, -0.05) is 40.2 Å². The van der Waals surface area contributed by atoms with Crippen LogP contribution in [0.3, 0.4) is 0 Å². The lowest BCUT2D eigenvalue weighted by molar-refractivity contribution is 0.371. The fraction of sp³-hybridized carbons (Fsp3) is 0.333. The molecule has 0 bridgehead atoms. The average molecular weight is 523 g/mol. The second kappa shape index (κ2) is 8.50. The molecule has 0 aromatic heterocycles. The van der Waals surface area contributed by atoms with Crippen LogP contribution in [0.4, 0.5) is 0 Å². The van der Waals surface area contributed by atoms with E-state index < -0.39 is 15.6 Å². The molecule has 2 atom stereocenters. The molecule has 4 rings (SSSR count). The molecule has 7 nitrogen and oxygen atoms in total. The predicted molar refractivity (Wildman–Crippen MR) is 129 cm³/mol. The third-order valence-corrected chi connectivity index (χ3v) is 7.06. The van der Waals surface area contributed by atoms with Gasteiger partial charge >= 0.3 is 0 Å². The summed E-state index contributed by atoms with van der Waals surface area (Å²) in [4.78, 5) is 6.61. The van der Waals surface area contributed by atoms with Crippen molar-refractivity contribution in [1.29, 1.82) is 0 Å². The van der Waals surface area contributed by atoms with E-state index in [1.54, 1.807) is 7.11 Å². The van der Waals surface area contributed by atoms with Gasteiger partial charge in [0.15, 0.2) is 5.11 Å². The molecular weight excluding hydrogens is 500 g/mol. The van der Waals surface area contributed by atoms with E-state index in [1.165, 1.54) is 0 Å². The van der Waals surface area contributed by atoms with Crippen molar-refractivity contribution >= 4 is 49.1 Å². The van der Waals surface area contributed by atoms with Crippen molar-refractivity contribution in [3.8, 4) is 5.75 Å². The summed E-state index contributed by atoms with van der Waals surface area (Å²) >= 11 is 9.33. The minimum Gasteiger partial charge on any atom is -0.497 e. The largest absolute Gasteiger partial charge is 0.497 e. The summed E-state index contributed by atoms with van der Waals surface area (Å²) in [5.74, 6) is 1.61. The number of sulfonamides is 1. The molecule has 0 radical (unpaired) electrons. The summed E-state index contributed by atoms with van der Waals surface area (Å²) in [6.45, 7) is 0.813. The molecule has 0 saturated carbocycles. The Kier molecular flexibility index (Phi) is 6.08. The lowest BCUT2D eigenvalue weighted by Gasteiger charge is -2.47. The maximum atomic E-state index is 11.7. The van der Waals surface area contributed by atoms with Crippen LogP contribution >= 0.6 is 28.1 Å². The minimum atomic E-state index is -3.33. The number of benzene rings is 2. The van der Waals surface area contributed by atoms with Gasteiger partial charge in [-0.15, -0.1) is 0 Å². The molecule has 2 N–H and O–H groups in total. The molecular formula is C21H23BrN4O3S2. The molecule has 2 aromatic carbocycles. The number of halogens is 1. The molecule has 0 spiro atoms. The molecule has 2 aromatic rings. The lowest BCUT2D eigenvalue weighted by Crippen LogP contribution is -2.64. The van der Waals surface area contributed by atoms with E-state index in [2.05, 4.69) is 38.1 Å². The summed E-state index contributed by atoms with van der Waals surface area (Å²) in [6, 6.07) is 15.7. The van der Waals surface area contributed by atoms with Gasteiger partial charge in [-0.25, -0.2) is 13.1 Å². The Bertz CT molecular complexity index is 1140. The number of aliphatic imine (C=N–C) groups is 1. The van der Waals surface area contributed by atoms with Gasteiger partial charge in [0.1, 0.15) is 11.6 Å². The number of hydrogen-bond donors (Lipinski definition) is 2. The van der Waals surface area contributed by atoms with Gasteiger partial charge in [-0.3, -0.25) is 4.99 Å². The van der Waals surface area contributed by atoms with Crippen LogP contribution < -0.4 is 14.8 Å². The third kappa shape index (κ3) is 4.62. The monoisotopic (exact) mass is 522 g/mol. The molecule has 2 unspecified atom stereocenters. The van der Waals surface area contributed by atoms with Crippen LogP contribution in [0.5, 0.6) is 5.75 Å². The Morgan fingerprint density at radius 1 is 1.26 bits per heavy atom. The maximum absolute atomic E-state index is 11.7. The fourth-order valence-corrected chi connectivity index (χ4v) is 5.60. The molecule has 31 heavy (non-hydrogen) atoms. The first-order valence-electron chi connectivity index (χ1n) is 9.71. The number of thiocarbonyl (C=S) groups is 1. The number of methoxy groups -OCH3 is 1. The topological polar surface area (TPSA) is 83.0 Å². The van der Waals surface area contributed by atoms with Crippen LogP contribution in [0, 0.1) is 0 Å². The van der Waals surface area contributed by atoms with Gasteiger partial charge in [0.05, 0.1) is 31.5 Å². The zero-order chi connectivity index (χ0) is 22.2. The Morgan fingerprint density at radius 3 is 2.65 bits per heavy atom. The van der Waals surface area contributed by atoms with E-state index in [0.29, 0.717) is 24.6 Å². The lowest BCUT2D eigenvalue weighted by atomic mass is 9.78. The number of amidine groups is 1. The van der Waals surface area contributed by atoms with Crippen molar-refractivity contribution in [2.24, 2.45) is 4.99 Å². The van der Waals surface area contributed by atoms with Crippen LogP contribution in [0.2, 0.25) is 0 Å². The van der Waals surface area contributed by atoms with Crippen LogP contribution in [0.25, 0.3) is 0 Å². The van der Waals surface area contributed by atoms with E-state index in [-0.39, 0.29) is 6.04 Å². The molecule has 0 amide bonds. The Morgan fingerprint density at radius 2 is 2.00 bits per heavy atom. The van der Waals surface area contributed by atoms with Crippen molar-refractivity contribution in [2.75, 3.05) is 26.5 Å². The Balaban J connectivity index is 1.76. The minimum absolute atomic E-state index is 0.321. The second-order valence-corrected chi connectivity index (χ2v) is 10.8. The van der Waals surface area contributed by atoms with E-state index in [4.69, 9.17) is 21.9 Å². The smallest absolute Gasteiger partial charge is 0.209 e. The number of ether oxygens (including phenoxy) is 1. The SMILES string of the molecule is COc1ccc(C2(c3cccc(Br)c3)CC3=NCC(NS(C)(=O)=O)CN3C(=S)N2)cc1. The van der Waals surface area contributed by atoms with Gasteiger partial charge in [-0.2, -0.15) is 0 Å². The fourth-order valence-electron chi connectivity index (χ4n) is 4.09. The summed E-state index contributed by atoms with van der Waals surface area (Å²) in [7, 11) is -1.68. The molecule has 2 heterocycles.